The molecule has 32 heavy (non-hydrogen) atoms. The van der Waals surface area contributed by atoms with Crippen molar-refractivity contribution in [2.75, 3.05) is 33.7 Å². The van der Waals surface area contributed by atoms with E-state index in [0.717, 1.165) is 22.9 Å². The standard InChI is InChI=1S/C26H28N4O2/c1-29(2)14-15-30(19-21-7-5-6-20(16-21)18-27)25(31)12-13-28-26(32)24-11-10-22-8-3-4-9-23(22)17-24/h3-11,16-17H,12-15,19H2,1-2H3,(H,28,32). The molecule has 0 aliphatic rings. The van der Waals surface area contributed by atoms with Gasteiger partial charge in [-0.05, 0) is 54.7 Å². The van der Waals surface area contributed by atoms with E-state index in [1.165, 1.54) is 0 Å². The molecule has 0 aliphatic heterocycles. The number of carbonyl (C=O) groups excluding carboxylic acids is 2. The van der Waals surface area contributed by atoms with E-state index in [9.17, 15) is 9.59 Å². The molecule has 0 spiro atoms. The Morgan fingerprint density at radius 1 is 0.938 bits per heavy atom. The third-order valence-electron chi connectivity index (χ3n) is 5.24. The van der Waals surface area contributed by atoms with Crippen LogP contribution in [0.15, 0.2) is 66.7 Å². The molecule has 164 valence electrons. The second-order valence-corrected chi connectivity index (χ2v) is 8.00. The van der Waals surface area contributed by atoms with Crippen molar-refractivity contribution in [3.05, 3.63) is 83.4 Å². The third-order valence-corrected chi connectivity index (χ3v) is 5.24. The Kier molecular flexibility index (Phi) is 7.96. The molecule has 0 atom stereocenters. The lowest BCUT2D eigenvalue weighted by molar-refractivity contribution is -0.131. The number of amides is 2. The fourth-order valence-electron chi connectivity index (χ4n) is 3.45. The largest absolute Gasteiger partial charge is 0.352 e. The molecule has 0 unspecified atom stereocenters. The summed E-state index contributed by atoms with van der Waals surface area (Å²) in [5.41, 5.74) is 2.07. The molecule has 3 aromatic carbocycles. The van der Waals surface area contributed by atoms with Crippen LogP contribution in [0.2, 0.25) is 0 Å². The Labute approximate surface area is 189 Å². The van der Waals surface area contributed by atoms with Crippen LogP contribution in [0.25, 0.3) is 10.8 Å². The van der Waals surface area contributed by atoms with Crippen LogP contribution in [-0.4, -0.2) is 55.3 Å². The number of likely N-dealkylation sites (N-methyl/N-ethyl adjacent to an activating group) is 1. The normalized spacial score (nSPS) is 10.7. The summed E-state index contributed by atoms with van der Waals surface area (Å²) in [6.45, 7) is 2.00. The quantitative estimate of drug-likeness (QED) is 0.567. The number of nitriles is 1. The van der Waals surface area contributed by atoms with Gasteiger partial charge in [-0.3, -0.25) is 9.59 Å². The Hall–Kier alpha value is -3.69. The number of benzene rings is 3. The minimum Gasteiger partial charge on any atom is -0.352 e. The van der Waals surface area contributed by atoms with E-state index < -0.39 is 0 Å². The molecular weight excluding hydrogens is 400 g/mol. The molecule has 0 fully saturated rings. The first-order valence-electron chi connectivity index (χ1n) is 10.6. The lowest BCUT2D eigenvalue weighted by atomic mass is 10.1. The first-order valence-corrected chi connectivity index (χ1v) is 10.6. The fourth-order valence-corrected chi connectivity index (χ4v) is 3.45. The first kappa shape index (κ1) is 23.0. The van der Waals surface area contributed by atoms with Crippen LogP contribution >= 0.6 is 0 Å². The predicted molar refractivity (Wildman–Crippen MR) is 126 cm³/mol. The van der Waals surface area contributed by atoms with E-state index in [-0.39, 0.29) is 24.8 Å². The molecule has 6 heteroatoms. The molecule has 0 radical (unpaired) electrons. The summed E-state index contributed by atoms with van der Waals surface area (Å²) in [5.74, 6) is -0.224. The number of fused-ring (bicyclic) bond motifs is 1. The summed E-state index contributed by atoms with van der Waals surface area (Å²) >= 11 is 0. The molecule has 1 N–H and O–H groups in total. The number of carbonyl (C=O) groups is 2. The Morgan fingerprint density at radius 2 is 1.72 bits per heavy atom. The van der Waals surface area contributed by atoms with E-state index in [0.29, 0.717) is 24.2 Å². The second-order valence-electron chi connectivity index (χ2n) is 8.00. The van der Waals surface area contributed by atoms with Crippen LogP contribution in [0.3, 0.4) is 0 Å². The van der Waals surface area contributed by atoms with Gasteiger partial charge in [-0.25, -0.2) is 0 Å². The van der Waals surface area contributed by atoms with Crippen molar-refractivity contribution in [1.29, 1.82) is 5.26 Å². The summed E-state index contributed by atoms with van der Waals surface area (Å²) in [4.78, 5) is 29.2. The van der Waals surface area contributed by atoms with E-state index in [1.54, 1.807) is 23.1 Å². The van der Waals surface area contributed by atoms with Gasteiger partial charge in [-0.2, -0.15) is 5.26 Å². The summed E-state index contributed by atoms with van der Waals surface area (Å²) < 4.78 is 0. The highest BCUT2D eigenvalue weighted by Crippen LogP contribution is 2.15. The van der Waals surface area contributed by atoms with E-state index >= 15 is 0 Å². The fraction of sp³-hybridized carbons (Fsp3) is 0.269. The molecule has 2 amide bonds. The average Bonchev–Trinajstić information content (AvgIpc) is 2.81. The third kappa shape index (κ3) is 6.40. The maximum absolute atomic E-state index is 12.9. The zero-order chi connectivity index (χ0) is 22.9. The molecule has 3 rings (SSSR count). The van der Waals surface area contributed by atoms with Crippen LogP contribution in [-0.2, 0) is 11.3 Å². The highest BCUT2D eigenvalue weighted by Gasteiger charge is 2.15. The molecule has 3 aromatic rings. The molecule has 0 heterocycles. The van der Waals surface area contributed by atoms with Crippen molar-refractivity contribution in [3.8, 4) is 6.07 Å². The van der Waals surface area contributed by atoms with E-state index in [4.69, 9.17) is 5.26 Å². The van der Waals surface area contributed by atoms with Crippen molar-refractivity contribution in [1.82, 2.24) is 15.1 Å². The highest BCUT2D eigenvalue weighted by molar-refractivity contribution is 5.98. The zero-order valence-electron chi connectivity index (χ0n) is 18.5. The van der Waals surface area contributed by atoms with Gasteiger partial charge < -0.3 is 15.1 Å². The summed E-state index contributed by atoms with van der Waals surface area (Å²) in [5, 5.41) is 14.1. The lowest BCUT2D eigenvalue weighted by Gasteiger charge is -2.25. The summed E-state index contributed by atoms with van der Waals surface area (Å²) in [6, 6.07) is 22.9. The molecule has 6 nitrogen and oxygen atoms in total. The van der Waals surface area contributed by atoms with Gasteiger partial charge in [0.25, 0.3) is 5.91 Å². The van der Waals surface area contributed by atoms with Crippen molar-refractivity contribution in [2.24, 2.45) is 0 Å². The van der Waals surface area contributed by atoms with E-state index in [2.05, 4.69) is 11.4 Å². The maximum atomic E-state index is 12.9. The number of hydrogen-bond donors (Lipinski definition) is 1. The van der Waals surface area contributed by atoms with E-state index in [1.807, 2.05) is 67.5 Å². The van der Waals surface area contributed by atoms with Gasteiger partial charge in [-0.1, -0.05) is 42.5 Å². The second kappa shape index (κ2) is 11.1. The molecule has 0 saturated carbocycles. The molecule has 0 aromatic heterocycles. The molecule has 0 aliphatic carbocycles. The molecule has 0 bridgehead atoms. The van der Waals surface area contributed by atoms with Gasteiger partial charge in [0.1, 0.15) is 0 Å². The van der Waals surface area contributed by atoms with Crippen LogP contribution in [0.5, 0.6) is 0 Å². The van der Waals surface area contributed by atoms with Crippen LogP contribution in [0.4, 0.5) is 0 Å². The van der Waals surface area contributed by atoms with Crippen molar-refractivity contribution < 1.29 is 9.59 Å². The van der Waals surface area contributed by atoms with Gasteiger partial charge in [0.05, 0.1) is 11.6 Å². The molecule has 0 saturated heterocycles. The minimum absolute atomic E-state index is 0.0342. The minimum atomic E-state index is -0.190. The SMILES string of the molecule is CN(C)CCN(Cc1cccc(C#N)c1)C(=O)CCNC(=O)c1ccc2ccccc2c1. The maximum Gasteiger partial charge on any atom is 0.251 e. The predicted octanol–water partition coefficient (Wildman–Crippen LogP) is 3.42. The summed E-state index contributed by atoms with van der Waals surface area (Å²) in [6.07, 6.45) is 0.213. The molecular formula is C26H28N4O2. The lowest BCUT2D eigenvalue weighted by Crippen LogP contribution is -2.38. The van der Waals surface area contributed by atoms with Gasteiger partial charge in [0.2, 0.25) is 5.91 Å². The van der Waals surface area contributed by atoms with Gasteiger partial charge in [0.15, 0.2) is 0 Å². The Bertz CT molecular complexity index is 1130. The zero-order valence-corrected chi connectivity index (χ0v) is 18.5. The van der Waals surface area contributed by atoms with Crippen molar-refractivity contribution in [2.45, 2.75) is 13.0 Å². The first-order chi connectivity index (χ1) is 15.5. The van der Waals surface area contributed by atoms with Gasteiger partial charge in [-0.15, -0.1) is 0 Å². The Morgan fingerprint density at radius 3 is 2.47 bits per heavy atom. The Balaban J connectivity index is 1.59. The number of nitrogens with zero attached hydrogens (tertiary/aromatic N) is 3. The van der Waals surface area contributed by atoms with Crippen molar-refractivity contribution >= 4 is 22.6 Å². The topological polar surface area (TPSA) is 76.4 Å². The summed E-state index contributed by atoms with van der Waals surface area (Å²) in [7, 11) is 3.92. The van der Waals surface area contributed by atoms with Crippen molar-refractivity contribution in [3.63, 3.8) is 0 Å². The van der Waals surface area contributed by atoms with Gasteiger partial charge >= 0.3 is 0 Å². The van der Waals surface area contributed by atoms with Gasteiger partial charge in [0, 0.05) is 38.2 Å². The average molecular weight is 429 g/mol. The van der Waals surface area contributed by atoms with Crippen LogP contribution < -0.4 is 5.32 Å². The number of rotatable bonds is 9. The van der Waals surface area contributed by atoms with Crippen LogP contribution in [0.1, 0.15) is 27.9 Å². The smallest absolute Gasteiger partial charge is 0.251 e. The highest BCUT2D eigenvalue weighted by atomic mass is 16.2. The number of hydrogen-bond acceptors (Lipinski definition) is 4. The van der Waals surface area contributed by atoms with Crippen LogP contribution in [0, 0.1) is 11.3 Å². The monoisotopic (exact) mass is 428 g/mol. The number of nitrogens with one attached hydrogen (secondary N) is 1.